The molecular formula is H2N4O. The van der Waals surface area contributed by atoms with Crippen LogP contribution in [0, 0.1) is 0 Å². The Balaban J connectivity index is 2.32. The highest BCUT2D eigenvalue weighted by atomic mass is 16.8. The molecule has 5 heteroatoms. The quantitative estimate of drug-likeness (QED) is 0.399. The van der Waals surface area contributed by atoms with Gasteiger partial charge in [-0.2, -0.15) is 0 Å². The molecular weight excluding hydrogens is 72.0 g/mol. The Bertz CT molecular complexity index is 41.6. The van der Waals surface area contributed by atoms with Crippen LogP contribution >= 0.6 is 0 Å². The van der Waals surface area contributed by atoms with Crippen LogP contribution in [0.25, 0.3) is 0 Å². The van der Waals surface area contributed by atoms with Gasteiger partial charge in [0.2, 0.25) is 0 Å². The third-order valence-corrected chi connectivity index (χ3v) is 0.223. The summed E-state index contributed by atoms with van der Waals surface area (Å²) >= 11 is 0. The SMILES string of the molecule is N1=NNON1. The summed E-state index contributed by atoms with van der Waals surface area (Å²) in [6.45, 7) is 0. The average molecular weight is 74.0 g/mol. The highest BCUT2D eigenvalue weighted by molar-refractivity contribution is 4.01. The molecule has 2 N–H and O–H groups in total. The zero-order chi connectivity index (χ0) is 3.54. The molecule has 0 saturated heterocycles. The molecule has 0 amide bonds. The number of hydrogen-bond donors (Lipinski definition) is 2. The largest absolute Gasteiger partial charge is 0.138 e. The van der Waals surface area contributed by atoms with E-state index in [4.69, 9.17) is 0 Å². The smallest absolute Gasteiger partial charge is 0.0256 e. The third kappa shape index (κ3) is 0.246. The molecule has 0 aliphatic carbocycles. The highest BCUT2D eigenvalue weighted by Crippen LogP contribution is 1.69. The van der Waals surface area contributed by atoms with E-state index in [0.29, 0.717) is 0 Å². The zero-order valence-electron chi connectivity index (χ0n) is 2.30. The molecule has 0 bridgehead atoms. The first-order valence-corrected chi connectivity index (χ1v) is 1.06. The summed E-state index contributed by atoms with van der Waals surface area (Å²) < 4.78 is 0. The summed E-state index contributed by atoms with van der Waals surface area (Å²) in [5, 5.41) is 6.25. The van der Waals surface area contributed by atoms with E-state index < -0.39 is 0 Å². The molecule has 0 aromatic heterocycles. The maximum atomic E-state index is 4.11. The van der Waals surface area contributed by atoms with Crippen LogP contribution in [0.15, 0.2) is 10.4 Å². The van der Waals surface area contributed by atoms with Crippen LogP contribution in [-0.4, -0.2) is 0 Å². The van der Waals surface area contributed by atoms with Gasteiger partial charge in [0.25, 0.3) is 0 Å². The topological polar surface area (TPSA) is 58.0 Å². The van der Waals surface area contributed by atoms with Crippen molar-refractivity contribution in [2.75, 3.05) is 0 Å². The maximum Gasteiger partial charge on any atom is -0.0256 e. The van der Waals surface area contributed by atoms with E-state index in [-0.39, 0.29) is 0 Å². The molecule has 0 atom stereocenters. The second-order valence-corrected chi connectivity index (χ2v) is 0.485. The predicted octanol–water partition coefficient (Wildman–Crippen LogP) is -0.692. The molecule has 28 valence electrons. The predicted molar refractivity (Wildman–Crippen MR) is 12.2 cm³/mol. The van der Waals surface area contributed by atoms with E-state index in [1.165, 1.54) is 0 Å². The molecule has 0 fully saturated rings. The first-order valence-electron chi connectivity index (χ1n) is 1.06. The standard InChI is InChI=1S/H2N4O/c1-2-4-5-3-1/h(H,1,4)(H,2,3). The van der Waals surface area contributed by atoms with Gasteiger partial charge in [-0.25, -0.2) is 0 Å². The van der Waals surface area contributed by atoms with Gasteiger partial charge < -0.3 is 0 Å². The van der Waals surface area contributed by atoms with E-state index in [0.717, 1.165) is 0 Å². The second-order valence-electron chi connectivity index (χ2n) is 0.485. The van der Waals surface area contributed by atoms with E-state index >= 15 is 0 Å². The molecule has 0 aromatic rings. The Morgan fingerprint density at radius 2 is 1.80 bits per heavy atom. The van der Waals surface area contributed by atoms with Gasteiger partial charge in [0.15, 0.2) is 0 Å². The minimum absolute atomic E-state index is 2.07. The van der Waals surface area contributed by atoms with Crippen molar-refractivity contribution in [3.05, 3.63) is 0 Å². The van der Waals surface area contributed by atoms with Gasteiger partial charge in [-0.05, 0) is 10.4 Å². The average Bonchev–Trinajstić information content (AvgIpc) is 1.76. The van der Waals surface area contributed by atoms with E-state index in [1.54, 1.807) is 0 Å². The fourth-order valence-electron chi connectivity index (χ4n) is 0.102. The Labute approximate surface area is 27.9 Å². The van der Waals surface area contributed by atoms with Gasteiger partial charge >= 0.3 is 0 Å². The summed E-state index contributed by atoms with van der Waals surface area (Å²) in [4.78, 5) is 4.11. The molecule has 0 aromatic carbocycles. The minimum atomic E-state index is 2.07. The van der Waals surface area contributed by atoms with Crippen molar-refractivity contribution in [1.29, 1.82) is 0 Å². The Hall–Kier alpha value is -0.840. The van der Waals surface area contributed by atoms with Crippen molar-refractivity contribution in [3.63, 3.8) is 0 Å². The van der Waals surface area contributed by atoms with Crippen molar-refractivity contribution in [2.24, 2.45) is 10.4 Å². The highest BCUT2D eigenvalue weighted by Gasteiger charge is 1.80. The number of hydrogen-bond acceptors (Lipinski definition) is 5. The molecule has 5 nitrogen and oxygen atoms in total. The molecule has 0 unspecified atom stereocenters. The number of rotatable bonds is 0. The maximum absolute atomic E-state index is 4.11. The van der Waals surface area contributed by atoms with Gasteiger partial charge in [-0.1, -0.05) is 0 Å². The van der Waals surface area contributed by atoms with Crippen LogP contribution in [0.2, 0.25) is 0 Å². The summed E-state index contributed by atoms with van der Waals surface area (Å²) in [7, 11) is 0. The lowest BCUT2D eigenvalue weighted by Crippen LogP contribution is -2.05. The lowest BCUT2D eigenvalue weighted by Gasteiger charge is -1.76. The van der Waals surface area contributed by atoms with Gasteiger partial charge in [0, 0.05) is 0 Å². The zero-order valence-corrected chi connectivity index (χ0v) is 2.30. The minimum Gasteiger partial charge on any atom is -0.138 e. The molecule has 1 aliphatic heterocycles. The lowest BCUT2D eigenvalue weighted by atomic mass is 12.6. The third-order valence-electron chi connectivity index (χ3n) is 0.223. The van der Waals surface area contributed by atoms with Crippen LogP contribution in [0.4, 0.5) is 0 Å². The first-order chi connectivity index (χ1) is 2.50. The van der Waals surface area contributed by atoms with Crippen molar-refractivity contribution < 1.29 is 4.94 Å². The molecule has 5 heavy (non-hydrogen) atoms. The van der Waals surface area contributed by atoms with Crippen molar-refractivity contribution in [1.82, 2.24) is 11.2 Å². The van der Waals surface area contributed by atoms with Crippen LogP contribution in [-0.2, 0) is 4.94 Å². The Morgan fingerprint density at radius 1 is 1.20 bits per heavy atom. The second kappa shape index (κ2) is 0.852. The van der Waals surface area contributed by atoms with Gasteiger partial charge in [0.1, 0.15) is 0 Å². The van der Waals surface area contributed by atoms with Crippen molar-refractivity contribution >= 4 is 0 Å². The summed E-state index contributed by atoms with van der Waals surface area (Å²) in [5.74, 6) is 0. The van der Waals surface area contributed by atoms with Crippen LogP contribution < -0.4 is 11.2 Å². The molecule has 0 radical (unpaired) electrons. The lowest BCUT2D eigenvalue weighted by molar-refractivity contribution is 0.00437. The van der Waals surface area contributed by atoms with Gasteiger partial charge in [-0.3, -0.25) is 0 Å². The normalized spacial score (nSPS) is 17.6. The fourth-order valence-corrected chi connectivity index (χ4v) is 0.102. The van der Waals surface area contributed by atoms with E-state index in [2.05, 4.69) is 26.6 Å². The summed E-state index contributed by atoms with van der Waals surface area (Å²) in [6, 6.07) is 0. The van der Waals surface area contributed by atoms with Crippen LogP contribution in [0.5, 0.6) is 0 Å². The van der Waals surface area contributed by atoms with Gasteiger partial charge in [-0.15, -0.1) is 16.1 Å². The summed E-state index contributed by atoms with van der Waals surface area (Å²) in [5.41, 5.74) is 4.14. The van der Waals surface area contributed by atoms with E-state index in [9.17, 15) is 0 Å². The molecule has 0 spiro atoms. The van der Waals surface area contributed by atoms with E-state index in [1.807, 2.05) is 0 Å². The number of nitrogens with zero attached hydrogens (tertiary/aromatic N) is 2. The monoisotopic (exact) mass is 74.0 g/mol. The van der Waals surface area contributed by atoms with Crippen LogP contribution in [0.3, 0.4) is 0 Å². The molecule has 1 aliphatic rings. The summed E-state index contributed by atoms with van der Waals surface area (Å²) in [6.07, 6.45) is 0. The first kappa shape index (κ1) is 2.40. The number of nitrogens with one attached hydrogen (secondary N) is 2. The molecule has 1 heterocycles. The Morgan fingerprint density at radius 3 is 2.00 bits per heavy atom. The molecule has 1 rings (SSSR count). The van der Waals surface area contributed by atoms with Gasteiger partial charge in [0.05, 0.1) is 0 Å². The Kier molecular flexibility index (Phi) is 0.409. The van der Waals surface area contributed by atoms with Crippen molar-refractivity contribution in [3.8, 4) is 0 Å². The van der Waals surface area contributed by atoms with Crippen molar-refractivity contribution in [2.45, 2.75) is 0 Å². The van der Waals surface area contributed by atoms with Crippen LogP contribution in [0.1, 0.15) is 0 Å². The fraction of sp³-hybridized carbons (Fsp3) is 0. The molecule has 0 saturated carbocycles.